The van der Waals surface area contributed by atoms with E-state index in [2.05, 4.69) is 5.32 Å². The number of phenolic OH excluding ortho intramolecular Hbond substituents is 1. The van der Waals surface area contributed by atoms with Gasteiger partial charge in [-0.05, 0) is 42.0 Å². The topological polar surface area (TPSA) is 73.1 Å². The Morgan fingerprint density at radius 1 is 1.13 bits per heavy atom. The second-order valence-electron chi connectivity index (χ2n) is 4.46. The fourth-order valence-corrected chi connectivity index (χ4v) is 2.24. The highest BCUT2D eigenvalue weighted by Crippen LogP contribution is 2.27. The Morgan fingerprint density at radius 3 is 2.52 bits per heavy atom. The van der Waals surface area contributed by atoms with Crippen molar-refractivity contribution in [1.82, 2.24) is 0 Å². The molecule has 23 heavy (non-hydrogen) atoms. The molecule has 0 radical (unpaired) electrons. The number of nitriles is 1. The van der Waals surface area contributed by atoms with E-state index in [0.29, 0.717) is 21.3 Å². The lowest BCUT2D eigenvalue weighted by Crippen LogP contribution is -2.13. The summed E-state index contributed by atoms with van der Waals surface area (Å²) in [7, 11) is 0. The third kappa shape index (κ3) is 4.40. The van der Waals surface area contributed by atoms with Gasteiger partial charge in [-0.25, -0.2) is 0 Å². The molecule has 0 aliphatic heterocycles. The smallest absolute Gasteiger partial charge is 0.266 e. The van der Waals surface area contributed by atoms with Crippen LogP contribution in [0.1, 0.15) is 5.56 Å². The zero-order chi connectivity index (χ0) is 17.0. The highest BCUT2D eigenvalue weighted by atomic mass is 35.5. The number of halogens is 3. The summed E-state index contributed by atoms with van der Waals surface area (Å²) in [5.41, 5.74) is 0.647. The second-order valence-corrected chi connectivity index (χ2v) is 5.71. The average molecular weight is 368 g/mol. The van der Waals surface area contributed by atoms with E-state index in [1.165, 1.54) is 36.4 Å². The third-order valence-electron chi connectivity index (χ3n) is 2.82. The Labute approximate surface area is 147 Å². The van der Waals surface area contributed by atoms with Crippen LogP contribution < -0.4 is 5.32 Å². The minimum atomic E-state index is -0.638. The number of hydrogen-bond acceptors (Lipinski definition) is 3. The Balaban J connectivity index is 2.28. The first-order valence-electron chi connectivity index (χ1n) is 6.27. The fraction of sp³-hybridized carbons (Fsp3) is 0. The molecule has 0 saturated carbocycles. The Morgan fingerprint density at radius 2 is 1.87 bits per heavy atom. The maximum Gasteiger partial charge on any atom is 0.266 e. The lowest BCUT2D eigenvalue weighted by molar-refractivity contribution is -0.112. The number of aromatic hydroxyl groups is 1. The largest absolute Gasteiger partial charge is 0.506 e. The van der Waals surface area contributed by atoms with Crippen LogP contribution in [-0.2, 0) is 4.79 Å². The van der Waals surface area contributed by atoms with Crippen molar-refractivity contribution in [2.45, 2.75) is 0 Å². The number of carbonyl (C=O) groups is 1. The summed E-state index contributed by atoms with van der Waals surface area (Å²) in [6.07, 6.45) is 1.35. The van der Waals surface area contributed by atoms with Gasteiger partial charge >= 0.3 is 0 Å². The molecule has 0 aliphatic carbocycles. The van der Waals surface area contributed by atoms with Crippen LogP contribution in [0.3, 0.4) is 0 Å². The number of hydrogen-bond donors (Lipinski definition) is 2. The molecule has 1 amide bonds. The molecule has 0 aromatic heterocycles. The molecule has 2 aromatic carbocycles. The molecule has 0 fully saturated rings. The molecule has 0 spiro atoms. The van der Waals surface area contributed by atoms with Crippen LogP contribution in [0.25, 0.3) is 6.08 Å². The van der Waals surface area contributed by atoms with Crippen molar-refractivity contribution in [3.63, 3.8) is 0 Å². The minimum absolute atomic E-state index is 0.0857. The number of nitrogens with zero attached hydrogens (tertiary/aromatic N) is 1. The lowest BCUT2D eigenvalue weighted by Gasteiger charge is -2.07. The molecule has 0 bridgehead atoms. The standard InChI is InChI=1S/C16H9Cl3N2O2/c17-11-2-3-12(18)14(7-11)21-16(23)10(8-20)5-9-1-4-15(22)13(19)6-9/h1-7,22H,(H,21,23)/b10-5-. The Kier molecular flexibility index (Phi) is 5.51. The van der Waals surface area contributed by atoms with Crippen molar-refractivity contribution < 1.29 is 9.90 Å². The lowest BCUT2D eigenvalue weighted by atomic mass is 10.1. The monoisotopic (exact) mass is 366 g/mol. The predicted octanol–water partition coefficient (Wildman–Crippen LogP) is 4.90. The predicted molar refractivity (Wildman–Crippen MR) is 91.8 cm³/mol. The molecule has 0 heterocycles. The molecule has 0 aliphatic rings. The zero-order valence-corrected chi connectivity index (χ0v) is 13.7. The molecule has 4 nitrogen and oxygen atoms in total. The van der Waals surface area contributed by atoms with E-state index in [9.17, 15) is 9.90 Å². The Hall–Kier alpha value is -2.19. The van der Waals surface area contributed by atoms with Crippen LogP contribution in [0.2, 0.25) is 15.1 Å². The van der Waals surface area contributed by atoms with E-state index in [-0.39, 0.29) is 16.3 Å². The fourth-order valence-electron chi connectivity index (χ4n) is 1.71. The van der Waals surface area contributed by atoms with Gasteiger partial charge in [0, 0.05) is 5.02 Å². The van der Waals surface area contributed by atoms with Gasteiger partial charge in [-0.3, -0.25) is 4.79 Å². The third-order valence-corrected chi connectivity index (χ3v) is 3.69. The van der Waals surface area contributed by atoms with Crippen molar-refractivity contribution in [3.8, 4) is 11.8 Å². The van der Waals surface area contributed by atoms with Crippen molar-refractivity contribution in [2.75, 3.05) is 5.32 Å². The van der Waals surface area contributed by atoms with Crippen LogP contribution in [0.5, 0.6) is 5.75 Å². The number of amides is 1. The molecule has 0 atom stereocenters. The summed E-state index contributed by atoms with van der Waals surface area (Å²) in [4.78, 5) is 12.2. The van der Waals surface area contributed by atoms with Crippen LogP contribution >= 0.6 is 34.8 Å². The summed E-state index contributed by atoms with van der Waals surface area (Å²) >= 11 is 17.6. The molecule has 0 unspecified atom stereocenters. The average Bonchev–Trinajstić information content (AvgIpc) is 2.51. The molecule has 0 saturated heterocycles. The number of benzene rings is 2. The summed E-state index contributed by atoms with van der Waals surface area (Å²) in [6.45, 7) is 0. The first-order valence-corrected chi connectivity index (χ1v) is 7.41. The molecular formula is C16H9Cl3N2O2. The van der Waals surface area contributed by atoms with Gasteiger partial charge in [-0.2, -0.15) is 5.26 Å². The van der Waals surface area contributed by atoms with Crippen LogP contribution in [0.15, 0.2) is 42.0 Å². The van der Waals surface area contributed by atoms with Crippen LogP contribution in [-0.4, -0.2) is 11.0 Å². The SMILES string of the molecule is N#C/C(=C/c1ccc(O)c(Cl)c1)C(=O)Nc1cc(Cl)ccc1Cl. The summed E-state index contributed by atoms with van der Waals surface area (Å²) < 4.78 is 0. The van der Waals surface area contributed by atoms with Gasteiger partial charge in [0.2, 0.25) is 0 Å². The molecule has 2 aromatic rings. The van der Waals surface area contributed by atoms with Gasteiger partial charge < -0.3 is 10.4 Å². The number of anilines is 1. The molecule has 2 rings (SSSR count). The van der Waals surface area contributed by atoms with E-state index in [0.717, 1.165) is 0 Å². The second kappa shape index (κ2) is 7.38. The number of phenols is 1. The van der Waals surface area contributed by atoms with Crippen molar-refractivity contribution in [2.24, 2.45) is 0 Å². The minimum Gasteiger partial charge on any atom is -0.506 e. The van der Waals surface area contributed by atoms with Gasteiger partial charge in [0.15, 0.2) is 0 Å². The normalized spacial score (nSPS) is 11.0. The number of nitrogens with one attached hydrogen (secondary N) is 1. The maximum absolute atomic E-state index is 12.2. The zero-order valence-electron chi connectivity index (χ0n) is 11.5. The van der Waals surface area contributed by atoms with E-state index < -0.39 is 5.91 Å². The number of carbonyl (C=O) groups excluding carboxylic acids is 1. The molecule has 116 valence electrons. The van der Waals surface area contributed by atoms with Crippen LogP contribution in [0.4, 0.5) is 5.69 Å². The maximum atomic E-state index is 12.2. The first-order chi connectivity index (χ1) is 10.9. The highest BCUT2D eigenvalue weighted by molar-refractivity contribution is 6.36. The summed E-state index contributed by atoms with van der Waals surface area (Å²) in [5, 5.41) is 21.9. The quantitative estimate of drug-likeness (QED) is 0.598. The van der Waals surface area contributed by atoms with E-state index in [4.69, 9.17) is 40.1 Å². The van der Waals surface area contributed by atoms with Crippen molar-refractivity contribution in [1.29, 1.82) is 5.26 Å². The van der Waals surface area contributed by atoms with E-state index in [1.807, 2.05) is 0 Å². The highest BCUT2D eigenvalue weighted by Gasteiger charge is 2.12. The Bertz CT molecular complexity index is 842. The molecular weight excluding hydrogens is 359 g/mol. The van der Waals surface area contributed by atoms with Gasteiger partial charge in [-0.1, -0.05) is 40.9 Å². The van der Waals surface area contributed by atoms with E-state index in [1.54, 1.807) is 12.1 Å². The van der Waals surface area contributed by atoms with E-state index >= 15 is 0 Å². The van der Waals surface area contributed by atoms with Gasteiger partial charge in [0.1, 0.15) is 17.4 Å². The van der Waals surface area contributed by atoms with Gasteiger partial charge in [-0.15, -0.1) is 0 Å². The molecule has 2 N–H and O–H groups in total. The molecule has 7 heteroatoms. The summed E-state index contributed by atoms with van der Waals surface area (Å²) in [5.74, 6) is -0.724. The van der Waals surface area contributed by atoms with Crippen molar-refractivity contribution >= 4 is 52.5 Å². The van der Waals surface area contributed by atoms with Crippen LogP contribution in [0, 0.1) is 11.3 Å². The first kappa shape index (κ1) is 17.2. The van der Waals surface area contributed by atoms with Gasteiger partial charge in [0.05, 0.1) is 15.7 Å². The number of rotatable bonds is 3. The van der Waals surface area contributed by atoms with Crippen molar-refractivity contribution in [3.05, 3.63) is 62.6 Å². The van der Waals surface area contributed by atoms with Gasteiger partial charge in [0.25, 0.3) is 5.91 Å². The summed E-state index contributed by atoms with van der Waals surface area (Å²) in [6, 6.07) is 10.7.